The first kappa shape index (κ1) is 19.6. The number of rotatable bonds is 8. The molecule has 0 aliphatic heterocycles. The highest BCUT2D eigenvalue weighted by Crippen LogP contribution is 2.22. The highest BCUT2D eigenvalue weighted by atomic mass is 19.1. The fourth-order valence-electron chi connectivity index (χ4n) is 3.15. The summed E-state index contributed by atoms with van der Waals surface area (Å²) < 4.78 is 20.6. The third kappa shape index (κ3) is 4.57. The van der Waals surface area contributed by atoms with Crippen LogP contribution in [0, 0.1) is 5.82 Å². The molecule has 0 spiro atoms. The Labute approximate surface area is 163 Å². The van der Waals surface area contributed by atoms with Crippen molar-refractivity contribution in [1.29, 1.82) is 0 Å². The number of carbonyl (C=O) groups excluding carboxylic acids is 2. The molecule has 0 saturated carbocycles. The topological polar surface area (TPSA) is 60.3 Å². The van der Waals surface area contributed by atoms with Gasteiger partial charge in [0.2, 0.25) is 0 Å². The summed E-state index contributed by atoms with van der Waals surface area (Å²) in [5, 5.41) is 3.81. The van der Waals surface area contributed by atoms with Gasteiger partial charge >= 0.3 is 5.97 Å². The Balaban J connectivity index is 1.76. The van der Waals surface area contributed by atoms with E-state index in [-0.39, 0.29) is 24.2 Å². The van der Waals surface area contributed by atoms with Crippen LogP contribution < -0.4 is 5.32 Å². The first-order valence-electron chi connectivity index (χ1n) is 9.27. The van der Waals surface area contributed by atoms with Crippen LogP contribution in [0.15, 0.2) is 54.6 Å². The van der Waals surface area contributed by atoms with E-state index in [4.69, 9.17) is 0 Å². The van der Waals surface area contributed by atoms with Gasteiger partial charge in [-0.2, -0.15) is 0 Å². The zero-order valence-electron chi connectivity index (χ0n) is 15.8. The second kappa shape index (κ2) is 9.17. The molecule has 146 valence electrons. The van der Waals surface area contributed by atoms with Crippen molar-refractivity contribution in [3.8, 4) is 0 Å². The van der Waals surface area contributed by atoms with E-state index in [1.54, 1.807) is 18.2 Å². The van der Waals surface area contributed by atoms with E-state index in [1.165, 1.54) is 13.2 Å². The van der Waals surface area contributed by atoms with E-state index >= 15 is 0 Å². The summed E-state index contributed by atoms with van der Waals surface area (Å²) in [7, 11) is 1.36. The number of benzene rings is 2. The van der Waals surface area contributed by atoms with Gasteiger partial charge in [-0.15, -0.1) is 0 Å². The van der Waals surface area contributed by atoms with Crippen LogP contribution in [0.2, 0.25) is 0 Å². The van der Waals surface area contributed by atoms with Gasteiger partial charge in [0.25, 0.3) is 5.91 Å². The van der Waals surface area contributed by atoms with Crippen molar-refractivity contribution in [2.24, 2.45) is 0 Å². The molecule has 0 saturated heterocycles. The predicted octanol–water partition coefficient (Wildman–Crippen LogP) is 3.90. The number of nitrogens with one attached hydrogen (secondary N) is 1. The fraction of sp³-hybridized carbons (Fsp3) is 0.273. The molecule has 0 atom stereocenters. The summed E-state index contributed by atoms with van der Waals surface area (Å²) in [6, 6.07) is 16.0. The maximum absolute atomic E-state index is 14.1. The van der Waals surface area contributed by atoms with Crippen molar-refractivity contribution in [3.63, 3.8) is 0 Å². The number of aromatic nitrogens is 1. The van der Waals surface area contributed by atoms with Crippen LogP contribution in [0.25, 0.3) is 10.9 Å². The molecular weight excluding hydrogens is 359 g/mol. The fourth-order valence-corrected chi connectivity index (χ4v) is 3.15. The monoisotopic (exact) mass is 382 g/mol. The van der Waals surface area contributed by atoms with Crippen molar-refractivity contribution in [3.05, 3.63) is 71.7 Å². The molecule has 0 radical (unpaired) electrons. The van der Waals surface area contributed by atoms with E-state index in [9.17, 15) is 14.0 Å². The SMILES string of the molecule is COC(=O)CCCCNC(=O)c1cc2ccccc2n1Cc1ccccc1F. The van der Waals surface area contributed by atoms with E-state index in [0.29, 0.717) is 37.1 Å². The Bertz CT molecular complexity index is 981. The second-order valence-corrected chi connectivity index (χ2v) is 6.56. The van der Waals surface area contributed by atoms with Gasteiger partial charge in [0.05, 0.1) is 13.7 Å². The van der Waals surface area contributed by atoms with Crippen molar-refractivity contribution in [1.82, 2.24) is 9.88 Å². The molecule has 1 heterocycles. The Kier molecular flexibility index (Phi) is 6.42. The minimum atomic E-state index is -0.297. The number of halogens is 1. The molecule has 3 rings (SSSR count). The second-order valence-electron chi connectivity index (χ2n) is 6.56. The first-order chi connectivity index (χ1) is 13.6. The molecule has 1 N–H and O–H groups in total. The lowest BCUT2D eigenvalue weighted by Gasteiger charge is -2.12. The van der Waals surface area contributed by atoms with E-state index in [1.807, 2.05) is 34.9 Å². The number of hydrogen-bond acceptors (Lipinski definition) is 3. The van der Waals surface area contributed by atoms with E-state index in [0.717, 1.165) is 10.9 Å². The smallest absolute Gasteiger partial charge is 0.305 e. The molecule has 0 bridgehead atoms. The summed E-state index contributed by atoms with van der Waals surface area (Å²) in [4.78, 5) is 23.9. The van der Waals surface area contributed by atoms with Crippen LogP contribution in [0.3, 0.4) is 0 Å². The number of hydrogen-bond donors (Lipinski definition) is 1. The molecule has 28 heavy (non-hydrogen) atoms. The Morgan fingerprint density at radius 2 is 1.82 bits per heavy atom. The highest BCUT2D eigenvalue weighted by Gasteiger charge is 2.16. The van der Waals surface area contributed by atoms with Gasteiger partial charge in [-0.1, -0.05) is 36.4 Å². The molecule has 1 amide bonds. The summed E-state index contributed by atoms with van der Waals surface area (Å²) in [6.45, 7) is 0.725. The molecule has 5 nitrogen and oxygen atoms in total. The minimum Gasteiger partial charge on any atom is -0.469 e. The van der Waals surface area contributed by atoms with Crippen molar-refractivity contribution in [2.45, 2.75) is 25.8 Å². The van der Waals surface area contributed by atoms with Crippen LogP contribution in [0.5, 0.6) is 0 Å². The van der Waals surface area contributed by atoms with Gasteiger partial charge in [0.15, 0.2) is 0 Å². The van der Waals surface area contributed by atoms with Gasteiger partial charge in [-0.3, -0.25) is 9.59 Å². The summed E-state index contributed by atoms with van der Waals surface area (Å²) in [5.41, 5.74) is 1.88. The number of methoxy groups -OCH3 is 1. The average Bonchev–Trinajstić information content (AvgIpc) is 3.07. The molecule has 0 aliphatic carbocycles. The van der Waals surface area contributed by atoms with Gasteiger partial charge in [0, 0.05) is 29.4 Å². The largest absolute Gasteiger partial charge is 0.469 e. The number of carbonyl (C=O) groups is 2. The molecule has 0 unspecified atom stereocenters. The number of amides is 1. The maximum Gasteiger partial charge on any atom is 0.305 e. The lowest BCUT2D eigenvalue weighted by Crippen LogP contribution is -2.27. The normalized spacial score (nSPS) is 10.8. The quantitative estimate of drug-likeness (QED) is 0.475. The molecule has 0 aliphatic rings. The highest BCUT2D eigenvalue weighted by molar-refractivity contribution is 5.98. The third-order valence-corrected chi connectivity index (χ3v) is 4.65. The first-order valence-corrected chi connectivity index (χ1v) is 9.27. The Morgan fingerprint density at radius 3 is 2.61 bits per heavy atom. The van der Waals surface area contributed by atoms with Gasteiger partial charge in [-0.05, 0) is 31.0 Å². The average molecular weight is 382 g/mol. The number of fused-ring (bicyclic) bond motifs is 1. The zero-order chi connectivity index (χ0) is 19.9. The summed E-state index contributed by atoms with van der Waals surface area (Å²) in [6.07, 6.45) is 1.65. The standard InChI is InChI=1S/C22H23FN2O3/c1-28-21(26)12-6-7-13-24-22(27)20-14-16-8-3-5-11-19(16)25(20)15-17-9-2-4-10-18(17)23/h2-5,8-11,14H,6-7,12-13,15H2,1H3,(H,24,27). The number of ether oxygens (including phenoxy) is 1. The molecule has 0 fully saturated rings. The number of unbranched alkanes of at least 4 members (excludes halogenated alkanes) is 1. The van der Waals surface area contributed by atoms with Gasteiger partial charge in [0.1, 0.15) is 11.5 Å². The molecule has 3 aromatic rings. The van der Waals surface area contributed by atoms with Crippen LogP contribution in [-0.4, -0.2) is 30.1 Å². The lowest BCUT2D eigenvalue weighted by atomic mass is 10.2. The lowest BCUT2D eigenvalue weighted by molar-refractivity contribution is -0.140. The maximum atomic E-state index is 14.1. The van der Waals surface area contributed by atoms with Crippen LogP contribution in [0.1, 0.15) is 35.3 Å². The molecule has 1 aromatic heterocycles. The van der Waals surface area contributed by atoms with Crippen LogP contribution in [0.4, 0.5) is 4.39 Å². The Hall–Kier alpha value is -3.15. The molecule has 2 aromatic carbocycles. The zero-order valence-corrected chi connectivity index (χ0v) is 15.8. The Morgan fingerprint density at radius 1 is 1.07 bits per heavy atom. The minimum absolute atomic E-state index is 0.217. The number of esters is 1. The molecule has 6 heteroatoms. The summed E-state index contributed by atoms with van der Waals surface area (Å²) >= 11 is 0. The van der Waals surface area contributed by atoms with Gasteiger partial charge in [-0.25, -0.2) is 4.39 Å². The van der Waals surface area contributed by atoms with E-state index < -0.39 is 0 Å². The number of nitrogens with zero attached hydrogens (tertiary/aromatic N) is 1. The van der Waals surface area contributed by atoms with E-state index in [2.05, 4.69) is 10.1 Å². The number of para-hydroxylation sites is 1. The van der Waals surface area contributed by atoms with Crippen molar-refractivity contribution < 1.29 is 18.7 Å². The van der Waals surface area contributed by atoms with Gasteiger partial charge < -0.3 is 14.6 Å². The van der Waals surface area contributed by atoms with Crippen molar-refractivity contribution in [2.75, 3.05) is 13.7 Å². The van der Waals surface area contributed by atoms with Crippen molar-refractivity contribution >= 4 is 22.8 Å². The predicted molar refractivity (Wildman–Crippen MR) is 106 cm³/mol. The van der Waals surface area contributed by atoms with Crippen LogP contribution in [-0.2, 0) is 16.1 Å². The van der Waals surface area contributed by atoms with Crippen LogP contribution >= 0.6 is 0 Å². The third-order valence-electron chi connectivity index (χ3n) is 4.65. The molecular formula is C22H23FN2O3. The summed E-state index contributed by atoms with van der Waals surface area (Å²) in [5.74, 6) is -0.767.